The summed E-state index contributed by atoms with van der Waals surface area (Å²) in [5.74, 6) is 0.786. The second-order valence-electron chi connectivity index (χ2n) is 10.7. The molecule has 0 N–H and O–H groups in total. The van der Waals surface area contributed by atoms with Gasteiger partial charge in [0.15, 0.2) is 0 Å². The van der Waals surface area contributed by atoms with Crippen molar-refractivity contribution in [3.05, 3.63) is 18.2 Å². The van der Waals surface area contributed by atoms with Crippen LogP contribution in [0.25, 0.3) is 0 Å². The summed E-state index contributed by atoms with van der Waals surface area (Å²) in [5.41, 5.74) is -0.458. The van der Waals surface area contributed by atoms with Gasteiger partial charge in [-0.3, -0.25) is 0 Å². The molecule has 188 valence electrons. The molecule has 1 saturated heterocycles. The van der Waals surface area contributed by atoms with Crippen molar-refractivity contribution in [2.45, 2.75) is 118 Å². The Morgan fingerprint density at radius 1 is 1.00 bits per heavy atom. The Balaban J connectivity index is 2.08. The topological polar surface area (TPSA) is 51.7 Å². The number of amides is 1. The van der Waals surface area contributed by atoms with Gasteiger partial charge >= 0.3 is 207 Å². The maximum atomic E-state index is 12.4. The number of aromatic nitrogens is 1. The summed E-state index contributed by atoms with van der Waals surface area (Å²) in [4.78, 5) is 19.3. The number of likely N-dealkylation sites (tertiary alicyclic amines) is 1. The fraction of sp³-hybridized carbons (Fsp3) is 0.778. The summed E-state index contributed by atoms with van der Waals surface area (Å²) in [6.07, 6.45) is 9.33. The summed E-state index contributed by atoms with van der Waals surface area (Å²) in [6.45, 7) is 14.0. The van der Waals surface area contributed by atoms with E-state index in [-0.39, 0.29) is 12.2 Å². The first-order chi connectivity index (χ1) is 15.7. The van der Waals surface area contributed by atoms with E-state index in [0.29, 0.717) is 13.1 Å². The minimum atomic E-state index is -2.56. The van der Waals surface area contributed by atoms with E-state index < -0.39 is 24.0 Å². The zero-order chi connectivity index (χ0) is 24.3. The summed E-state index contributed by atoms with van der Waals surface area (Å²) in [5, 5.41) is 0. The van der Waals surface area contributed by atoms with Crippen molar-refractivity contribution in [3.8, 4) is 5.88 Å². The van der Waals surface area contributed by atoms with E-state index in [4.69, 9.17) is 14.5 Å². The Morgan fingerprint density at radius 3 is 2.03 bits per heavy atom. The predicted molar refractivity (Wildman–Crippen MR) is 140 cm³/mol. The van der Waals surface area contributed by atoms with E-state index in [1.165, 1.54) is 55.5 Å². The molecule has 1 aromatic rings. The van der Waals surface area contributed by atoms with Gasteiger partial charge in [-0.2, -0.15) is 0 Å². The Hall–Kier alpha value is -0.981. The standard InChI is InChI=1S/C15H21N2O3.3C4H9.Sn/c1-15(2,3)20-14(18)17-10-7-12(8-11-17)19-13-6-4-5-9-16-13;3*1-3-4-2;/h4-6,12H,7-8,10-11H2,1-3H3;3*1,3-4H2,2H3;. The van der Waals surface area contributed by atoms with Gasteiger partial charge in [-0.15, -0.1) is 0 Å². The molecular weight excluding hydrogens is 519 g/mol. The number of hydrogen-bond donors (Lipinski definition) is 0. The molecule has 5 nitrogen and oxygen atoms in total. The molecule has 33 heavy (non-hydrogen) atoms. The molecule has 2 heterocycles. The van der Waals surface area contributed by atoms with Crippen molar-refractivity contribution < 1.29 is 14.3 Å². The van der Waals surface area contributed by atoms with Gasteiger partial charge < -0.3 is 0 Å². The number of rotatable bonds is 12. The molecule has 0 aliphatic carbocycles. The summed E-state index contributed by atoms with van der Waals surface area (Å²) in [6, 6.07) is 6.51. The fourth-order valence-corrected chi connectivity index (χ4v) is 20.2. The molecule has 1 fully saturated rings. The van der Waals surface area contributed by atoms with Crippen molar-refractivity contribution in [1.82, 2.24) is 9.88 Å². The van der Waals surface area contributed by atoms with Gasteiger partial charge in [-0.05, 0) is 0 Å². The molecule has 1 amide bonds. The van der Waals surface area contributed by atoms with E-state index in [9.17, 15) is 4.79 Å². The molecule has 1 aliphatic rings. The molecule has 0 unspecified atom stereocenters. The van der Waals surface area contributed by atoms with Crippen molar-refractivity contribution in [1.29, 1.82) is 0 Å². The molecule has 1 aromatic heterocycles. The number of nitrogens with zero attached hydrogens (tertiary/aromatic N) is 2. The van der Waals surface area contributed by atoms with Crippen molar-refractivity contribution in [2.75, 3.05) is 13.1 Å². The SMILES string of the molecule is CCC[CH2][Sn]([CH2]CCC)([CH2]CCC)[c]1cccc(OC2CCN(C(=O)OC(C)(C)C)CC2)n1. The Morgan fingerprint density at radius 2 is 1.55 bits per heavy atom. The Bertz CT molecular complexity index is 690. The van der Waals surface area contributed by atoms with Crippen LogP contribution in [0.3, 0.4) is 0 Å². The average Bonchev–Trinajstić information content (AvgIpc) is 2.78. The molecule has 1 aliphatic heterocycles. The molecule has 0 radical (unpaired) electrons. The number of ether oxygens (including phenoxy) is 2. The molecule has 0 atom stereocenters. The Labute approximate surface area is 206 Å². The van der Waals surface area contributed by atoms with Crippen molar-refractivity contribution in [3.63, 3.8) is 0 Å². The van der Waals surface area contributed by atoms with Gasteiger partial charge in [0.1, 0.15) is 0 Å². The molecule has 0 bridgehead atoms. The predicted octanol–water partition coefficient (Wildman–Crippen LogP) is 6.92. The number of pyridine rings is 1. The molecule has 0 spiro atoms. The molecule has 6 heteroatoms. The second-order valence-corrected chi connectivity index (χ2v) is 23.8. The number of hydrogen-bond acceptors (Lipinski definition) is 4. The maximum absolute atomic E-state index is 12.4. The van der Waals surface area contributed by atoms with Crippen molar-refractivity contribution >= 4 is 28.2 Å². The molecule has 2 rings (SSSR count). The van der Waals surface area contributed by atoms with Crippen LogP contribution in [0.15, 0.2) is 18.2 Å². The van der Waals surface area contributed by atoms with E-state index in [1.54, 1.807) is 4.90 Å². The third-order valence-electron chi connectivity index (χ3n) is 6.67. The first-order valence-corrected chi connectivity index (χ1v) is 20.8. The monoisotopic (exact) mass is 568 g/mol. The quantitative estimate of drug-likeness (QED) is 0.258. The van der Waals surface area contributed by atoms with Gasteiger partial charge in [0.2, 0.25) is 0 Å². The zero-order valence-electron chi connectivity index (χ0n) is 22.1. The molecule has 0 saturated carbocycles. The minimum absolute atomic E-state index is 0.109. The van der Waals surface area contributed by atoms with Gasteiger partial charge in [0.05, 0.1) is 0 Å². The van der Waals surface area contributed by atoms with Crippen LogP contribution in [-0.2, 0) is 4.74 Å². The number of carbonyl (C=O) groups excluding carboxylic acids is 1. The van der Waals surface area contributed by atoms with Crippen LogP contribution < -0.4 is 8.45 Å². The summed E-state index contributed by atoms with van der Waals surface area (Å²) in [7, 11) is 0. The van der Waals surface area contributed by atoms with Crippen LogP contribution in [-0.4, -0.2) is 59.1 Å². The van der Waals surface area contributed by atoms with Gasteiger partial charge in [-0.25, -0.2) is 0 Å². The van der Waals surface area contributed by atoms with Gasteiger partial charge in [0, 0.05) is 0 Å². The van der Waals surface area contributed by atoms with E-state index >= 15 is 0 Å². The van der Waals surface area contributed by atoms with Crippen LogP contribution in [0, 0.1) is 0 Å². The van der Waals surface area contributed by atoms with Gasteiger partial charge in [-0.1, -0.05) is 0 Å². The molecular formula is C27H48N2O3Sn. The van der Waals surface area contributed by atoms with E-state index in [0.717, 1.165) is 18.7 Å². The zero-order valence-corrected chi connectivity index (χ0v) is 25.0. The average molecular weight is 567 g/mol. The number of carbonyl (C=O) groups is 1. The van der Waals surface area contributed by atoms with Crippen molar-refractivity contribution in [2.24, 2.45) is 0 Å². The van der Waals surface area contributed by atoms with Crippen LogP contribution in [0.4, 0.5) is 4.79 Å². The third-order valence-corrected chi connectivity index (χ3v) is 21.8. The summed E-state index contributed by atoms with van der Waals surface area (Å²) >= 11 is -2.56. The normalized spacial score (nSPS) is 15.5. The number of piperidine rings is 1. The van der Waals surface area contributed by atoms with Crippen LogP contribution in [0.1, 0.15) is 92.9 Å². The summed E-state index contributed by atoms with van der Waals surface area (Å²) < 4.78 is 17.6. The first kappa shape index (κ1) is 28.3. The molecule has 0 aromatic carbocycles. The van der Waals surface area contributed by atoms with Crippen LogP contribution in [0.2, 0.25) is 13.3 Å². The third kappa shape index (κ3) is 9.29. The number of unbranched alkanes of at least 4 members (excludes halogenated alkanes) is 3. The first-order valence-electron chi connectivity index (χ1n) is 13.3. The van der Waals surface area contributed by atoms with E-state index in [2.05, 4.69) is 32.9 Å². The fourth-order valence-electron chi connectivity index (χ4n) is 4.73. The van der Waals surface area contributed by atoms with E-state index in [1.807, 2.05) is 26.8 Å². The Kier molecular flexibility index (Phi) is 11.8. The van der Waals surface area contributed by atoms with Gasteiger partial charge in [0.25, 0.3) is 0 Å². The van der Waals surface area contributed by atoms with Crippen LogP contribution >= 0.6 is 0 Å². The second kappa shape index (κ2) is 13.8. The van der Waals surface area contributed by atoms with Crippen LogP contribution in [0.5, 0.6) is 5.88 Å².